The summed E-state index contributed by atoms with van der Waals surface area (Å²) in [5.41, 5.74) is -0.654. The molecule has 1 rings (SSSR count). The molecule has 0 aromatic heterocycles. The van der Waals surface area contributed by atoms with Gasteiger partial charge in [-0.25, -0.2) is 0 Å². The molecular formula is C11H13FN2O4S. The minimum atomic E-state index is -1.05. The number of rotatable bonds is 6. The average Bonchev–Trinajstić information content (AvgIpc) is 2.33. The molecule has 0 spiro atoms. The van der Waals surface area contributed by atoms with E-state index in [1.54, 1.807) is 6.26 Å². The summed E-state index contributed by atoms with van der Waals surface area (Å²) in [6, 6.07) is 2.96. The molecule has 1 N–H and O–H groups in total. The molecule has 1 atom stereocenters. The highest BCUT2D eigenvalue weighted by Crippen LogP contribution is 2.17. The predicted octanol–water partition coefficient (Wildman–Crippen LogP) is 1.23. The Morgan fingerprint density at radius 3 is 2.74 bits per heavy atom. The molecule has 0 heterocycles. The van der Waals surface area contributed by atoms with Crippen molar-refractivity contribution in [1.82, 2.24) is 5.32 Å². The molecule has 6 nitrogen and oxygen atoms in total. The third kappa shape index (κ3) is 4.74. The number of hydrogen-bond acceptors (Lipinski definition) is 4. The van der Waals surface area contributed by atoms with Crippen LogP contribution in [0.15, 0.2) is 18.2 Å². The monoisotopic (exact) mass is 288 g/mol. The van der Waals surface area contributed by atoms with Crippen LogP contribution in [0.5, 0.6) is 0 Å². The summed E-state index contributed by atoms with van der Waals surface area (Å²) in [6.45, 7) is 0.316. The van der Waals surface area contributed by atoms with Crippen molar-refractivity contribution in [2.75, 3.05) is 18.6 Å². The Hall–Kier alpha value is -1.83. The normalized spacial score (nSPS) is 11.9. The number of nitro benzene ring substituents is 1. The first-order valence-electron chi connectivity index (χ1n) is 5.44. The van der Waals surface area contributed by atoms with Gasteiger partial charge in [-0.15, -0.1) is 0 Å². The van der Waals surface area contributed by atoms with Gasteiger partial charge >= 0.3 is 5.69 Å². The molecule has 0 bridgehead atoms. The SMILES string of the molecule is CS(=O)CCCNC(=O)c1ccc([N+](=O)[O-])c(F)c1. The molecule has 1 aromatic carbocycles. The number of nitrogens with one attached hydrogen (secondary N) is 1. The summed E-state index contributed by atoms with van der Waals surface area (Å²) in [7, 11) is -0.923. The largest absolute Gasteiger partial charge is 0.352 e. The first-order valence-corrected chi connectivity index (χ1v) is 7.16. The molecule has 0 aliphatic carbocycles. The molecule has 0 saturated carbocycles. The molecular weight excluding hydrogens is 275 g/mol. The Kier molecular flexibility index (Phi) is 5.56. The van der Waals surface area contributed by atoms with Gasteiger partial charge in [-0.3, -0.25) is 19.1 Å². The van der Waals surface area contributed by atoms with Crippen LogP contribution < -0.4 is 5.32 Å². The van der Waals surface area contributed by atoms with Crippen molar-refractivity contribution in [3.63, 3.8) is 0 Å². The topological polar surface area (TPSA) is 89.3 Å². The van der Waals surface area contributed by atoms with Gasteiger partial charge in [0.15, 0.2) is 0 Å². The lowest BCUT2D eigenvalue weighted by molar-refractivity contribution is -0.387. The first-order chi connectivity index (χ1) is 8.91. The Labute approximate surface area is 111 Å². The number of nitro groups is 1. The fraction of sp³-hybridized carbons (Fsp3) is 0.364. The summed E-state index contributed by atoms with van der Waals surface area (Å²) in [5, 5.41) is 12.9. The maximum absolute atomic E-state index is 13.3. The summed E-state index contributed by atoms with van der Waals surface area (Å²) in [4.78, 5) is 21.2. The van der Waals surface area contributed by atoms with E-state index in [0.717, 1.165) is 12.1 Å². The molecule has 1 aromatic rings. The van der Waals surface area contributed by atoms with E-state index < -0.39 is 33.1 Å². The second kappa shape index (κ2) is 6.93. The lowest BCUT2D eigenvalue weighted by Crippen LogP contribution is -2.25. The highest BCUT2D eigenvalue weighted by Gasteiger charge is 2.16. The Balaban J connectivity index is 2.60. The third-order valence-corrected chi connectivity index (χ3v) is 3.16. The lowest BCUT2D eigenvalue weighted by atomic mass is 10.2. The molecule has 0 aliphatic heterocycles. The van der Waals surface area contributed by atoms with Crippen molar-refractivity contribution in [2.45, 2.75) is 6.42 Å². The van der Waals surface area contributed by atoms with Crippen LogP contribution in [0.2, 0.25) is 0 Å². The number of hydrogen-bond donors (Lipinski definition) is 1. The quantitative estimate of drug-likeness (QED) is 0.484. The molecule has 0 fully saturated rings. The summed E-state index contributed by atoms with van der Waals surface area (Å²) in [6.07, 6.45) is 2.11. The van der Waals surface area contributed by atoms with Crippen LogP contribution in [0.1, 0.15) is 16.8 Å². The molecule has 0 saturated heterocycles. The Morgan fingerprint density at radius 2 is 2.21 bits per heavy atom. The van der Waals surface area contributed by atoms with E-state index in [1.165, 1.54) is 6.07 Å². The molecule has 1 unspecified atom stereocenters. The van der Waals surface area contributed by atoms with Crippen LogP contribution in [0.3, 0.4) is 0 Å². The van der Waals surface area contributed by atoms with Crippen molar-refractivity contribution < 1.29 is 18.3 Å². The van der Waals surface area contributed by atoms with Gasteiger partial charge in [-0.1, -0.05) is 0 Å². The molecule has 1 amide bonds. The third-order valence-electron chi connectivity index (χ3n) is 2.30. The Morgan fingerprint density at radius 1 is 1.53 bits per heavy atom. The van der Waals surface area contributed by atoms with Crippen molar-refractivity contribution in [3.05, 3.63) is 39.7 Å². The van der Waals surface area contributed by atoms with Gasteiger partial charge in [0, 0.05) is 41.0 Å². The minimum absolute atomic E-state index is 0.0146. The van der Waals surface area contributed by atoms with Crippen LogP contribution in [-0.2, 0) is 10.8 Å². The minimum Gasteiger partial charge on any atom is -0.352 e. The summed E-state index contributed by atoms with van der Waals surface area (Å²) >= 11 is 0. The second-order valence-electron chi connectivity index (χ2n) is 3.81. The van der Waals surface area contributed by atoms with Gasteiger partial charge in [-0.05, 0) is 18.6 Å². The second-order valence-corrected chi connectivity index (χ2v) is 5.36. The van der Waals surface area contributed by atoms with Crippen LogP contribution in [0.4, 0.5) is 10.1 Å². The lowest BCUT2D eigenvalue weighted by Gasteiger charge is -2.04. The summed E-state index contributed by atoms with van der Waals surface area (Å²) < 4.78 is 24.1. The molecule has 0 aliphatic rings. The first kappa shape index (κ1) is 15.2. The van der Waals surface area contributed by atoms with Crippen LogP contribution in [0.25, 0.3) is 0 Å². The van der Waals surface area contributed by atoms with Crippen LogP contribution in [-0.4, -0.2) is 33.6 Å². The highest BCUT2D eigenvalue weighted by molar-refractivity contribution is 7.84. The van der Waals surface area contributed by atoms with Gasteiger partial charge in [-0.2, -0.15) is 4.39 Å². The zero-order valence-electron chi connectivity index (χ0n) is 10.2. The van der Waals surface area contributed by atoms with Gasteiger partial charge in [0.1, 0.15) is 0 Å². The molecule has 8 heteroatoms. The molecule has 19 heavy (non-hydrogen) atoms. The smallest absolute Gasteiger partial charge is 0.304 e. The zero-order valence-corrected chi connectivity index (χ0v) is 11.0. The Bertz CT molecular complexity index is 521. The van der Waals surface area contributed by atoms with Crippen molar-refractivity contribution >= 4 is 22.4 Å². The maximum Gasteiger partial charge on any atom is 0.304 e. The van der Waals surface area contributed by atoms with E-state index in [1.807, 2.05) is 0 Å². The van der Waals surface area contributed by atoms with Gasteiger partial charge < -0.3 is 5.32 Å². The van der Waals surface area contributed by atoms with E-state index in [9.17, 15) is 23.5 Å². The number of carbonyl (C=O) groups is 1. The van der Waals surface area contributed by atoms with Crippen molar-refractivity contribution in [2.24, 2.45) is 0 Å². The number of amides is 1. The van der Waals surface area contributed by atoms with Crippen molar-refractivity contribution in [3.8, 4) is 0 Å². The fourth-order valence-electron chi connectivity index (χ4n) is 1.38. The van der Waals surface area contributed by atoms with E-state index >= 15 is 0 Å². The maximum atomic E-state index is 13.3. The number of carbonyl (C=O) groups excluding carboxylic acids is 1. The van der Waals surface area contributed by atoms with E-state index in [0.29, 0.717) is 18.7 Å². The number of nitrogens with zero attached hydrogens (tertiary/aromatic N) is 1. The van der Waals surface area contributed by atoms with E-state index in [2.05, 4.69) is 5.32 Å². The van der Waals surface area contributed by atoms with Crippen molar-refractivity contribution in [1.29, 1.82) is 0 Å². The van der Waals surface area contributed by atoms with Gasteiger partial charge in [0.05, 0.1) is 4.92 Å². The van der Waals surface area contributed by atoms with E-state index in [4.69, 9.17) is 0 Å². The van der Waals surface area contributed by atoms with Gasteiger partial charge in [0.2, 0.25) is 5.82 Å². The van der Waals surface area contributed by atoms with Gasteiger partial charge in [0.25, 0.3) is 5.91 Å². The fourth-order valence-corrected chi connectivity index (χ4v) is 1.93. The summed E-state index contributed by atoms with van der Waals surface area (Å²) in [5.74, 6) is -1.10. The highest BCUT2D eigenvalue weighted by atomic mass is 32.2. The van der Waals surface area contributed by atoms with Crippen LogP contribution in [0, 0.1) is 15.9 Å². The zero-order chi connectivity index (χ0) is 14.4. The number of halogens is 1. The molecule has 0 radical (unpaired) electrons. The number of benzene rings is 1. The average molecular weight is 288 g/mol. The van der Waals surface area contributed by atoms with E-state index in [-0.39, 0.29) is 5.56 Å². The molecule has 104 valence electrons. The van der Waals surface area contributed by atoms with Crippen LogP contribution >= 0.6 is 0 Å². The predicted molar refractivity (Wildman–Crippen MR) is 68.9 cm³/mol. The standard InChI is InChI=1S/C11H13FN2O4S/c1-19(18)6-2-5-13-11(15)8-3-4-10(14(16)17)9(12)7-8/h3-4,7H,2,5-6H2,1H3,(H,13,15).